The zero-order valence-electron chi connectivity index (χ0n) is 12.4. The average molecular weight is 348 g/mol. The number of hydrogen-bond donors (Lipinski definition) is 1. The summed E-state index contributed by atoms with van der Waals surface area (Å²) < 4.78 is 6.36. The molecular weight excluding hydrogens is 330 g/mol. The normalized spacial score (nSPS) is 10.3. The smallest absolute Gasteiger partial charge is 0.259 e. The van der Waals surface area contributed by atoms with E-state index in [0.717, 1.165) is 15.7 Å². The van der Waals surface area contributed by atoms with Crippen LogP contribution in [0.5, 0.6) is 5.75 Å². The number of amides is 1. The predicted molar refractivity (Wildman–Crippen MR) is 89.2 cm³/mol. The molecule has 1 amide bonds. The molecule has 0 unspecified atom stereocenters. The standard InChI is InChI=1S/C17H18BrNO2/c1-4-21-16-8-6-13(18)10-14(16)17(20)19-15-7-5-11(2)9-12(15)3/h5-10H,4H2,1-3H3,(H,19,20). The van der Waals surface area contributed by atoms with E-state index in [9.17, 15) is 4.79 Å². The summed E-state index contributed by atoms with van der Waals surface area (Å²) in [5, 5.41) is 2.94. The topological polar surface area (TPSA) is 38.3 Å². The minimum absolute atomic E-state index is 0.174. The molecule has 0 fully saturated rings. The lowest BCUT2D eigenvalue weighted by Crippen LogP contribution is -2.14. The van der Waals surface area contributed by atoms with Crippen LogP contribution in [0.15, 0.2) is 40.9 Å². The molecule has 0 heterocycles. The fourth-order valence-electron chi connectivity index (χ4n) is 2.10. The lowest BCUT2D eigenvalue weighted by Gasteiger charge is -2.13. The van der Waals surface area contributed by atoms with Crippen LogP contribution in [0.2, 0.25) is 0 Å². The molecule has 0 atom stereocenters. The molecule has 0 aliphatic rings. The van der Waals surface area contributed by atoms with Crippen molar-refractivity contribution in [3.8, 4) is 5.75 Å². The van der Waals surface area contributed by atoms with E-state index in [-0.39, 0.29) is 5.91 Å². The van der Waals surface area contributed by atoms with Crippen molar-refractivity contribution in [3.05, 3.63) is 57.6 Å². The number of nitrogens with one attached hydrogen (secondary N) is 1. The maximum absolute atomic E-state index is 12.5. The molecule has 0 aromatic heterocycles. The van der Waals surface area contributed by atoms with Crippen molar-refractivity contribution in [1.29, 1.82) is 0 Å². The van der Waals surface area contributed by atoms with E-state index < -0.39 is 0 Å². The van der Waals surface area contributed by atoms with Crippen molar-refractivity contribution < 1.29 is 9.53 Å². The van der Waals surface area contributed by atoms with E-state index in [0.29, 0.717) is 17.9 Å². The van der Waals surface area contributed by atoms with Gasteiger partial charge >= 0.3 is 0 Å². The van der Waals surface area contributed by atoms with Gasteiger partial charge in [-0.3, -0.25) is 4.79 Å². The Morgan fingerprint density at radius 2 is 1.95 bits per heavy atom. The molecule has 2 aromatic rings. The van der Waals surface area contributed by atoms with Crippen molar-refractivity contribution in [2.75, 3.05) is 11.9 Å². The fraction of sp³-hybridized carbons (Fsp3) is 0.235. The Morgan fingerprint density at radius 1 is 1.19 bits per heavy atom. The number of carbonyl (C=O) groups excluding carboxylic acids is 1. The number of ether oxygens (including phenoxy) is 1. The first kappa shape index (κ1) is 15.6. The second-order valence-corrected chi connectivity index (χ2v) is 5.76. The van der Waals surface area contributed by atoms with Gasteiger partial charge in [0.15, 0.2) is 0 Å². The van der Waals surface area contributed by atoms with E-state index >= 15 is 0 Å². The van der Waals surface area contributed by atoms with Gasteiger partial charge in [-0.1, -0.05) is 33.6 Å². The second-order valence-electron chi connectivity index (χ2n) is 4.85. The average Bonchev–Trinajstić information content (AvgIpc) is 2.44. The second kappa shape index (κ2) is 6.76. The van der Waals surface area contributed by atoms with Crippen LogP contribution in [-0.2, 0) is 0 Å². The zero-order valence-corrected chi connectivity index (χ0v) is 14.0. The molecule has 0 saturated heterocycles. The molecule has 0 spiro atoms. The quantitative estimate of drug-likeness (QED) is 0.868. The molecule has 0 saturated carbocycles. The van der Waals surface area contributed by atoms with Gasteiger partial charge in [0.25, 0.3) is 5.91 Å². The summed E-state index contributed by atoms with van der Waals surface area (Å²) in [6.07, 6.45) is 0. The number of aryl methyl sites for hydroxylation is 2. The van der Waals surface area contributed by atoms with Gasteiger partial charge in [-0.15, -0.1) is 0 Å². The molecule has 2 rings (SSSR count). The molecule has 110 valence electrons. The Balaban J connectivity index is 2.29. The van der Waals surface area contributed by atoms with Crippen LogP contribution in [0, 0.1) is 13.8 Å². The highest BCUT2D eigenvalue weighted by molar-refractivity contribution is 9.10. The molecule has 2 aromatic carbocycles. The third-order valence-electron chi connectivity index (χ3n) is 3.12. The van der Waals surface area contributed by atoms with E-state index in [1.54, 1.807) is 12.1 Å². The number of halogens is 1. The highest BCUT2D eigenvalue weighted by atomic mass is 79.9. The number of hydrogen-bond acceptors (Lipinski definition) is 2. The number of benzene rings is 2. The van der Waals surface area contributed by atoms with E-state index in [2.05, 4.69) is 21.2 Å². The molecule has 21 heavy (non-hydrogen) atoms. The minimum atomic E-state index is -0.174. The first-order valence-electron chi connectivity index (χ1n) is 6.82. The SMILES string of the molecule is CCOc1ccc(Br)cc1C(=O)Nc1ccc(C)cc1C. The summed E-state index contributed by atoms with van der Waals surface area (Å²) in [6.45, 7) is 6.42. The molecule has 0 bridgehead atoms. The first-order valence-corrected chi connectivity index (χ1v) is 7.61. The highest BCUT2D eigenvalue weighted by Gasteiger charge is 2.14. The van der Waals surface area contributed by atoms with Gasteiger partial charge < -0.3 is 10.1 Å². The van der Waals surface area contributed by atoms with Crippen LogP contribution in [0.25, 0.3) is 0 Å². The van der Waals surface area contributed by atoms with Crippen molar-refractivity contribution in [3.63, 3.8) is 0 Å². The van der Waals surface area contributed by atoms with Crippen LogP contribution in [-0.4, -0.2) is 12.5 Å². The maximum atomic E-state index is 12.5. The molecule has 3 nitrogen and oxygen atoms in total. The van der Waals surface area contributed by atoms with Gasteiger partial charge in [0.05, 0.1) is 12.2 Å². The minimum Gasteiger partial charge on any atom is -0.493 e. The molecule has 4 heteroatoms. The highest BCUT2D eigenvalue weighted by Crippen LogP contribution is 2.25. The van der Waals surface area contributed by atoms with Crippen molar-refractivity contribution in [1.82, 2.24) is 0 Å². The van der Waals surface area contributed by atoms with Gasteiger partial charge in [0.1, 0.15) is 5.75 Å². The summed E-state index contributed by atoms with van der Waals surface area (Å²) in [5.41, 5.74) is 3.54. The molecular formula is C17H18BrNO2. The fourth-order valence-corrected chi connectivity index (χ4v) is 2.47. The molecule has 0 aliphatic heterocycles. The Hall–Kier alpha value is -1.81. The van der Waals surface area contributed by atoms with E-state index in [1.165, 1.54) is 5.56 Å². The number of carbonyl (C=O) groups is 1. The predicted octanol–water partition coefficient (Wildman–Crippen LogP) is 4.72. The first-order chi connectivity index (χ1) is 10.0. The van der Waals surface area contributed by atoms with Gasteiger partial charge in [-0.25, -0.2) is 0 Å². The van der Waals surface area contributed by atoms with Gasteiger partial charge in [0, 0.05) is 10.2 Å². The maximum Gasteiger partial charge on any atom is 0.259 e. The van der Waals surface area contributed by atoms with Gasteiger partial charge in [0.2, 0.25) is 0 Å². The van der Waals surface area contributed by atoms with Gasteiger partial charge in [-0.05, 0) is 50.6 Å². The zero-order chi connectivity index (χ0) is 15.4. The summed E-state index contributed by atoms with van der Waals surface area (Å²) in [5.74, 6) is 0.412. The monoisotopic (exact) mass is 347 g/mol. The lowest BCUT2D eigenvalue weighted by molar-refractivity contribution is 0.102. The molecule has 0 radical (unpaired) electrons. The summed E-state index contributed by atoms with van der Waals surface area (Å²) >= 11 is 3.39. The lowest BCUT2D eigenvalue weighted by atomic mass is 10.1. The van der Waals surface area contributed by atoms with E-state index in [4.69, 9.17) is 4.74 Å². The third kappa shape index (κ3) is 3.85. The van der Waals surface area contributed by atoms with Crippen LogP contribution in [0.3, 0.4) is 0 Å². The van der Waals surface area contributed by atoms with Crippen LogP contribution in [0.1, 0.15) is 28.4 Å². The summed E-state index contributed by atoms with van der Waals surface area (Å²) in [6, 6.07) is 11.4. The van der Waals surface area contributed by atoms with Crippen LogP contribution in [0.4, 0.5) is 5.69 Å². The summed E-state index contributed by atoms with van der Waals surface area (Å²) in [4.78, 5) is 12.5. The number of anilines is 1. The van der Waals surface area contributed by atoms with Crippen molar-refractivity contribution in [2.24, 2.45) is 0 Å². The Morgan fingerprint density at radius 3 is 2.62 bits per heavy atom. The largest absolute Gasteiger partial charge is 0.493 e. The molecule has 0 aliphatic carbocycles. The summed E-state index contributed by atoms with van der Waals surface area (Å²) in [7, 11) is 0. The van der Waals surface area contributed by atoms with Crippen molar-refractivity contribution in [2.45, 2.75) is 20.8 Å². The van der Waals surface area contributed by atoms with Crippen LogP contribution >= 0.6 is 15.9 Å². The Labute approximate surface area is 133 Å². The van der Waals surface area contributed by atoms with Crippen LogP contribution < -0.4 is 10.1 Å². The Kier molecular flexibility index (Phi) is 5.02. The van der Waals surface area contributed by atoms with E-state index in [1.807, 2.05) is 45.0 Å². The Bertz CT molecular complexity index is 668. The van der Waals surface area contributed by atoms with Gasteiger partial charge in [-0.2, -0.15) is 0 Å². The third-order valence-corrected chi connectivity index (χ3v) is 3.61. The molecule has 1 N–H and O–H groups in total. The van der Waals surface area contributed by atoms with Crippen molar-refractivity contribution >= 4 is 27.5 Å². The number of rotatable bonds is 4.